The highest BCUT2D eigenvalue weighted by Crippen LogP contribution is 2.57. The molecule has 0 amide bonds. The Morgan fingerprint density at radius 3 is 1.81 bits per heavy atom. The topological polar surface area (TPSA) is 16.1 Å². The number of anilines is 3. The van der Waals surface area contributed by atoms with Crippen LogP contribution in [0.5, 0.6) is 0 Å². The van der Waals surface area contributed by atoms with E-state index in [0.717, 1.165) is 39.2 Å². The van der Waals surface area contributed by atoms with Crippen LogP contribution in [-0.2, 0) is 10.8 Å². The Labute approximate surface area is 377 Å². The second kappa shape index (κ2) is 14.0. The van der Waals surface area contributed by atoms with Gasteiger partial charge in [-0.15, -0.1) is 11.3 Å². The zero-order valence-corrected chi connectivity index (χ0v) is 36.4. The van der Waals surface area contributed by atoms with Crippen molar-refractivity contribution in [2.45, 2.75) is 24.7 Å². The number of pyridine rings is 1. The molecule has 0 aliphatic heterocycles. The summed E-state index contributed by atoms with van der Waals surface area (Å²) >= 11 is 1.88. The molecule has 2 aromatic heterocycles. The molecule has 9 aromatic carbocycles. The Bertz CT molecular complexity index is 3610. The number of hydrogen-bond acceptors (Lipinski definition) is 3. The van der Waals surface area contributed by atoms with Crippen molar-refractivity contribution in [1.29, 1.82) is 0 Å². The van der Waals surface area contributed by atoms with Gasteiger partial charge in [0.2, 0.25) is 0 Å². The summed E-state index contributed by atoms with van der Waals surface area (Å²) < 4.78 is 2.60. The molecule has 0 fully saturated rings. The van der Waals surface area contributed by atoms with Gasteiger partial charge in [0.05, 0.1) is 10.9 Å². The van der Waals surface area contributed by atoms with Gasteiger partial charge < -0.3 is 0 Å². The van der Waals surface area contributed by atoms with E-state index in [-0.39, 0.29) is 5.41 Å². The SMILES string of the molecule is CC1(C)c2ccccc2-c2c1ccc1sc3ccc(N(c4ccccc4)c4cc(-c5cccc(C6(c7ccccc7)c7ccccc7-c7ccccc76)c5)c5ccccc5n4)cc3c21. The van der Waals surface area contributed by atoms with Gasteiger partial charge in [-0.3, -0.25) is 4.90 Å². The number of benzene rings is 9. The van der Waals surface area contributed by atoms with Gasteiger partial charge in [-0.1, -0.05) is 178 Å². The van der Waals surface area contributed by atoms with Crippen LogP contribution in [0.3, 0.4) is 0 Å². The van der Waals surface area contributed by atoms with Crippen molar-refractivity contribution < 1.29 is 0 Å². The lowest BCUT2D eigenvalue weighted by molar-refractivity contribution is 0.661. The summed E-state index contributed by atoms with van der Waals surface area (Å²) in [5.41, 5.74) is 18.0. The van der Waals surface area contributed by atoms with Gasteiger partial charge in [0.15, 0.2) is 0 Å². The van der Waals surface area contributed by atoms with E-state index in [2.05, 4.69) is 237 Å². The lowest BCUT2D eigenvalue weighted by Crippen LogP contribution is -2.28. The van der Waals surface area contributed by atoms with Crippen LogP contribution in [0.25, 0.3) is 64.5 Å². The summed E-state index contributed by atoms with van der Waals surface area (Å²) in [6, 6.07) is 80.6. The summed E-state index contributed by atoms with van der Waals surface area (Å²) in [6.07, 6.45) is 0. The fourth-order valence-electron chi connectivity index (χ4n) is 11.3. The summed E-state index contributed by atoms with van der Waals surface area (Å²) in [5, 5.41) is 3.74. The maximum Gasteiger partial charge on any atom is 0.138 e. The summed E-state index contributed by atoms with van der Waals surface area (Å²) in [4.78, 5) is 7.85. The van der Waals surface area contributed by atoms with Crippen molar-refractivity contribution in [2.75, 3.05) is 4.90 Å². The first-order valence-corrected chi connectivity index (χ1v) is 23.0. The first-order valence-electron chi connectivity index (χ1n) is 22.2. The fraction of sp³-hybridized carbons (Fsp3) is 0.0656. The molecule has 0 bridgehead atoms. The smallest absolute Gasteiger partial charge is 0.138 e. The monoisotopic (exact) mass is 834 g/mol. The molecule has 3 heteroatoms. The Hall–Kier alpha value is -7.59. The van der Waals surface area contributed by atoms with E-state index in [0.29, 0.717) is 0 Å². The first-order chi connectivity index (χ1) is 31.5. The molecule has 0 N–H and O–H groups in total. The van der Waals surface area contributed by atoms with Crippen LogP contribution in [0, 0.1) is 0 Å². The van der Waals surface area contributed by atoms with Crippen LogP contribution in [0.4, 0.5) is 17.2 Å². The Morgan fingerprint density at radius 2 is 1.05 bits per heavy atom. The molecule has 0 saturated carbocycles. The number of nitrogens with zero attached hydrogens (tertiary/aromatic N) is 2. The number of rotatable bonds is 6. The molecule has 0 atom stereocenters. The maximum atomic E-state index is 5.50. The van der Waals surface area contributed by atoms with Crippen molar-refractivity contribution in [2.24, 2.45) is 0 Å². The third-order valence-electron chi connectivity index (χ3n) is 14.1. The molecule has 0 unspecified atom stereocenters. The molecule has 2 aliphatic carbocycles. The number of hydrogen-bond donors (Lipinski definition) is 0. The van der Waals surface area contributed by atoms with Crippen molar-refractivity contribution >= 4 is 59.6 Å². The quantitative estimate of drug-likeness (QED) is 0.166. The second-order valence-electron chi connectivity index (χ2n) is 17.8. The Kier molecular flexibility index (Phi) is 8.07. The molecule has 302 valence electrons. The van der Waals surface area contributed by atoms with Crippen LogP contribution in [0.2, 0.25) is 0 Å². The summed E-state index contributed by atoms with van der Waals surface area (Å²) in [5.74, 6) is 0.871. The normalized spacial score (nSPS) is 14.0. The molecule has 0 spiro atoms. The van der Waals surface area contributed by atoms with Crippen molar-refractivity contribution in [3.63, 3.8) is 0 Å². The molecule has 11 aromatic rings. The average Bonchev–Trinajstić information content (AvgIpc) is 3.95. The number of para-hydroxylation sites is 2. The van der Waals surface area contributed by atoms with Gasteiger partial charge in [0.25, 0.3) is 0 Å². The average molecular weight is 835 g/mol. The van der Waals surface area contributed by atoms with E-state index < -0.39 is 5.41 Å². The van der Waals surface area contributed by atoms with E-state index in [1.807, 2.05) is 11.3 Å². The molecule has 64 heavy (non-hydrogen) atoms. The largest absolute Gasteiger partial charge is 0.295 e. The lowest BCUT2D eigenvalue weighted by Gasteiger charge is -2.34. The maximum absolute atomic E-state index is 5.50. The van der Waals surface area contributed by atoms with E-state index in [1.54, 1.807) is 0 Å². The van der Waals surface area contributed by atoms with Crippen molar-refractivity contribution in [1.82, 2.24) is 4.98 Å². The predicted molar refractivity (Wildman–Crippen MR) is 270 cm³/mol. The molecular weight excluding hydrogens is 793 g/mol. The fourth-order valence-corrected chi connectivity index (χ4v) is 12.4. The minimum absolute atomic E-state index is 0.0734. The van der Waals surface area contributed by atoms with E-state index in [1.165, 1.54) is 75.8 Å². The van der Waals surface area contributed by atoms with Crippen LogP contribution >= 0.6 is 11.3 Å². The highest BCUT2D eigenvalue weighted by Gasteiger charge is 2.46. The molecule has 0 radical (unpaired) electrons. The third kappa shape index (κ3) is 5.22. The van der Waals surface area contributed by atoms with E-state index >= 15 is 0 Å². The van der Waals surface area contributed by atoms with Gasteiger partial charge in [0, 0.05) is 42.3 Å². The standard InChI is InChI=1S/C61H42N2S/c1-60(2)50-28-13-11-27-47(50)58-53(60)33-35-56-59(58)49-37-43(32-34-55(49)64-56)63(42-22-7-4-8-23-42)57-38-48(46-26-12-16-31-54(46)62-57)39-18-17-21-41(36-39)61(40-19-5-3-6-20-40)51-29-14-9-24-44(51)45-25-10-15-30-52(45)61/h3-38H,1-2H3. The third-order valence-corrected chi connectivity index (χ3v) is 15.3. The minimum Gasteiger partial charge on any atom is -0.295 e. The molecule has 0 saturated heterocycles. The first kappa shape index (κ1) is 37.0. The molecular formula is C61H42N2S. The van der Waals surface area contributed by atoms with Crippen molar-refractivity contribution in [3.05, 3.63) is 252 Å². The predicted octanol–water partition coefficient (Wildman–Crippen LogP) is 16.4. The van der Waals surface area contributed by atoms with E-state index in [9.17, 15) is 0 Å². The highest BCUT2D eigenvalue weighted by molar-refractivity contribution is 7.26. The zero-order valence-electron chi connectivity index (χ0n) is 35.6. The van der Waals surface area contributed by atoms with Crippen LogP contribution < -0.4 is 4.90 Å². The van der Waals surface area contributed by atoms with Gasteiger partial charge >= 0.3 is 0 Å². The van der Waals surface area contributed by atoms with Gasteiger partial charge in [-0.2, -0.15) is 0 Å². The Morgan fingerprint density at radius 1 is 0.422 bits per heavy atom. The van der Waals surface area contributed by atoms with Crippen LogP contribution in [-0.4, -0.2) is 4.98 Å². The summed E-state index contributed by atoms with van der Waals surface area (Å²) in [6.45, 7) is 4.73. The van der Waals surface area contributed by atoms with Crippen LogP contribution in [0.1, 0.15) is 47.2 Å². The molecule has 13 rings (SSSR count). The van der Waals surface area contributed by atoms with Gasteiger partial charge in [-0.25, -0.2) is 4.98 Å². The highest BCUT2D eigenvalue weighted by atomic mass is 32.1. The lowest BCUT2D eigenvalue weighted by atomic mass is 9.67. The second-order valence-corrected chi connectivity index (χ2v) is 18.9. The van der Waals surface area contributed by atoms with Crippen LogP contribution in [0.15, 0.2) is 218 Å². The summed E-state index contributed by atoms with van der Waals surface area (Å²) in [7, 11) is 0. The Balaban J connectivity index is 1.03. The van der Waals surface area contributed by atoms with Gasteiger partial charge in [0.1, 0.15) is 5.82 Å². The molecule has 2 heterocycles. The number of thiophene rings is 1. The zero-order chi connectivity index (χ0) is 42.6. The van der Waals surface area contributed by atoms with Crippen molar-refractivity contribution in [3.8, 4) is 33.4 Å². The minimum atomic E-state index is -0.499. The van der Waals surface area contributed by atoms with E-state index in [4.69, 9.17) is 4.98 Å². The van der Waals surface area contributed by atoms with Gasteiger partial charge in [-0.05, 0) is 121 Å². The molecule has 2 aliphatic rings. The molecule has 2 nitrogen and oxygen atoms in total. The number of aromatic nitrogens is 1. The number of fused-ring (bicyclic) bond motifs is 11.